The molecule has 0 atom stereocenters. The molecule has 1 aromatic carbocycles. The van der Waals surface area contributed by atoms with Crippen molar-refractivity contribution in [2.45, 2.75) is 13.5 Å². The molecule has 0 amide bonds. The van der Waals surface area contributed by atoms with Crippen LogP contribution in [0.2, 0.25) is 0 Å². The highest BCUT2D eigenvalue weighted by Crippen LogP contribution is 2.30. The van der Waals surface area contributed by atoms with Crippen LogP contribution in [0, 0.1) is 6.92 Å². The fourth-order valence-electron chi connectivity index (χ4n) is 1.42. The summed E-state index contributed by atoms with van der Waals surface area (Å²) in [7, 11) is -0.0926. The monoisotopic (exact) mass is 259 g/mol. The second kappa shape index (κ2) is 5.37. The van der Waals surface area contributed by atoms with E-state index < -0.39 is 10.0 Å². The van der Waals surface area contributed by atoms with Gasteiger partial charge >= 0.3 is 0 Å². The molecule has 0 radical (unpaired) electrons. The van der Waals surface area contributed by atoms with E-state index in [1.54, 1.807) is 20.3 Å². The number of methoxy groups -OCH3 is 2. The quantitative estimate of drug-likeness (QED) is 0.858. The standard InChI is InChI=1S/C11H17NO4S/c1-8-5-10(15-2)11(16-3)6-9(8)7-12-17(4,13)14/h5-6,12H,7H2,1-4H3. The van der Waals surface area contributed by atoms with Gasteiger partial charge in [0, 0.05) is 6.54 Å². The number of benzene rings is 1. The lowest BCUT2D eigenvalue weighted by molar-refractivity contribution is 0.354. The van der Waals surface area contributed by atoms with Gasteiger partial charge in [0.15, 0.2) is 11.5 Å². The van der Waals surface area contributed by atoms with Gasteiger partial charge in [-0.2, -0.15) is 0 Å². The highest BCUT2D eigenvalue weighted by molar-refractivity contribution is 7.88. The summed E-state index contributed by atoms with van der Waals surface area (Å²) in [6.07, 6.45) is 1.13. The van der Waals surface area contributed by atoms with E-state index in [0.29, 0.717) is 11.5 Å². The molecular formula is C11H17NO4S. The zero-order valence-electron chi connectivity index (χ0n) is 10.4. The maximum absolute atomic E-state index is 11.0. The number of ether oxygens (including phenoxy) is 2. The van der Waals surface area contributed by atoms with Crippen molar-refractivity contribution in [2.24, 2.45) is 0 Å². The Hall–Kier alpha value is -1.27. The van der Waals surface area contributed by atoms with Gasteiger partial charge in [0.1, 0.15) is 0 Å². The molecule has 96 valence electrons. The minimum absolute atomic E-state index is 0.241. The largest absolute Gasteiger partial charge is 0.493 e. The third-order valence-corrected chi connectivity index (χ3v) is 3.04. The van der Waals surface area contributed by atoms with Crippen LogP contribution in [0.25, 0.3) is 0 Å². The van der Waals surface area contributed by atoms with E-state index in [1.807, 2.05) is 13.0 Å². The van der Waals surface area contributed by atoms with Crippen molar-refractivity contribution in [3.8, 4) is 11.5 Å². The molecule has 0 spiro atoms. The van der Waals surface area contributed by atoms with Gasteiger partial charge in [0.05, 0.1) is 20.5 Å². The van der Waals surface area contributed by atoms with E-state index in [-0.39, 0.29) is 6.54 Å². The van der Waals surface area contributed by atoms with Crippen molar-refractivity contribution in [1.29, 1.82) is 0 Å². The Balaban J connectivity index is 3.01. The molecule has 0 unspecified atom stereocenters. The number of hydrogen-bond acceptors (Lipinski definition) is 4. The summed E-state index contributed by atoms with van der Waals surface area (Å²) in [5.41, 5.74) is 1.80. The highest BCUT2D eigenvalue weighted by Gasteiger charge is 2.09. The van der Waals surface area contributed by atoms with Gasteiger partial charge in [0.2, 0.25) is 10.0 Å². The summed E-state index contributed by atoms with van der Waals surface area (Å²) < 4.78 is 34.8. The van der Waals surface area contributed by atoms with Crippen LogP contribution in [0.5, 0.6) is 11.5 Å². The van der Waals surface area contributed by atoms with Crippen LogP contribution < -0.4 is 14.2 Å². The molecule has 0 saturated carbocycles. The van der Waals surface area contributed by atoms with Crippen LogP contribution in [0.3, 0.4) is 0 Å². The Kier molecular flexibility index (Phi) is 4.36. The number of sulfonamides is 1. The molecule has 1 aromatic rings. The van der Waals surface area contributed by atoms with Gasteiger partial charge in [-0.05, 0) is 30.2 Å². The van der Waals surface area contributed by atoms with Gasteiger partial charge < -0.3 is 9.47 Å². The predicted molar refractivity (Wildman–Crippen MR) is 66.0 cm³/mol. The molecule has 0 heterocycles. The molecule has 0 aliphatic heterocycles. The predicted octanol–water partition coefficient (Wildman–Crippen LogP) is 1.06. The summed E-state index contributed by atoms with van der Waals surface area (Å²) in [4.78, 5) is 0. The lowest BCUT2D eigenvalue weighted by Crippen LogP contribution is -2.21. The topological polar surface area (TPSA) is 64.6 Å². The van der Waals surface area contributed by atoms with E-state index >= 15 is 0 Å². The fraction of sp³-hybridized carbons (Fsp3) is 0.455. The fourth-order valence-corrected chi connectivity index (χ4v) is 1.84. The first-order valence-electron chi connectivity index (χ1n) is 5.03. The third-order valence-electron chi connectivity index (χ3n) is 2.37. The van der Waals surface area contributed by atoms with Gasteiger partial charge in [-0.25, -0.2) is 13.1 Å². The summed E-state index contributed by atoms with van der Waals surface area (Å²) in [6, 6.07) is 3.59. The van der Waals surface area contributed by atoms with Crippen LogP contribution in [-0.2, 0) is 16.6 Å². The maximum Gasteiger partial charge on any atom is 0.209 e. The van der Waals surface area contributed by atoms with E-state index in [2.05, 4.69) is 4.72 Å². The van der Waals surface area contributed by atoms with Crippen molar-refractivity contribution in [3.63, 3.8) is 0 Å². The Morgan fingerprint density at radius 1 is 1.18 bits per heavy atom. The second-order valence-electron chi connectivity index (χ2n) is 3.73. The Morgan fingerprint density at radius 3 is 2.18 bits per heavy atom. The average molecular weight is 259 g/mol. The van der Waals surface area contributed by atoms with E-state index in [0.717, 1.165) is 17.4 Å². The molecule has 0 aromatic heterocycles. The van der Waals surface area contributed by atoms with Crippen LogP contribution in [-0.4, -0.2) is 28.9 Å². The number of hydrogen-bond donors (Lipinski definition) is 1. The van der Waals surface area contributed by atoms with Crippen molar-refractivity contribution >= 4 is 10.0 Å². The maximum atomic E-state index is 11.0. The smallest absolute Gasteiger partial charge is 0.209 e. The first-order valence-corrected chi connectivity index (χ1v) is 6.92. The molecule has 0 bridgehead atoms. The van der Waals surface area contributed by atoms with Gasteiger partial charge in [0.25, 0.3) is 0 Å². The molecule has 17 heavy (non-hydrogen) atoms. The minimum atomic E-state index is -3.20. The minimum Gasteiger partial charge on any atom is -0.493 e. The first kappa shape index (κ1) is 13.8. The van der Waals surface area contributed by atoms with Crippen LogP contribution in [0.1, 0.15) is 11.1 Å². The van der Waals surface area contributed by atoms with Gasteiger partial charge in [-0.3, -0.25) is 0 Å². The Morgan fingerprint density at radius 2 is 1.71 bits per heavy atom. The van der Waals surface area contributed by atoms with Crippen molar-refractivity contribution in [3.05, 3.63) is 23.3 Å². The van der Waals surface area contributed by atoms with Gasteiger partial charge in [-0.1, -0.05) is 0 Å². The Bertz CT molecular complexity index is 496. The summed E-state index contributed by atoms with van der Waals surface area (Å²) in [5, 5.41) is 0. The number of rotatable bonds is 5. The van der Waals surface area contributed by atoms with Crippen LogP contribution in [0.15, 0.2) is 12.1 Å². The Labute approximate surface area is 102 Å². The number of nitrogens with one attached hydrogen (secondary N) is 1. The lowest BCUT2D eigenvalue weighted by atomic mass is 10.1. The SMILES string of the molecule is COc1cc(C)c(CNS(C)(=O)=O)cc1OC. The molecule has 1 N–H and O–H groups in total. The molecule has 0 aliphatic carbocycles. The third kappa shape index (κ3) is 3.90. The molecule has 6 heteroatoms. The molecule has 1 rings (SSSR count). The molecule has 0 fully saturated rings. The van der Waals surface area contributed by atoms with E-state index in [4.69, 9.17) is 9.47 Å². The normalized spacial score (nSPS) is 11.3. The zero-order valence-corrected chi connectivity index (χ0v) is 11.2. The van der Waals surface area contributed by atoms with E-state index in [9.17, 15) is 8.42 Å². The molecule has 5 nitrogen and oxygen atoms in total. The average Bonchev–Trinajstić information content (AvgIpc) is 2.25. The van der Waals surface area contributed by atoms with Crippen LogP contribution in [0.4, 0.5) is 0 Å². The summed E-state index contributed by atoms with van der Waals surface area (Å²) in [6.45, 7) is 2.13. The van der Waals surface area contributed by atoms with Gasteiger partial charge in [-0.15, -0.1) is 0 Å². The van der Waals surface area contributed by atoms with E-state index in [1.165, 1.54) is 0 Å². The molecule has 0 saturated heterocycles. The highest BCUT2D eigenvalue weighted by atomic mass is 32.2. The second-order valence-corrected chi connectivity index (χ2v) is 5.56. The first-order chi connectivity index (χ1) is 7.87. The number of aryl methyl sites for hydroxylation is 1. The molecular weight excluding hydrogens is 242 g/mol. The van der Waals surface area contributed by atoms with Crippen molar-refractivity contribution < 1.29 is 17.9 Å². The molecule has 0 aliphatic rings. The summed E-state index contributed by atoms with van der Waals surface area (Å²) in [5.74, 6) is 1.22. The van der Waals surface area contributed by atoms with Crippen molar-refractivity contribution in [1.82, 2.24) is 4.72 Å². The lowest BCUT2D eigenvalue weighted by Gasteiger charge is -2.12. The van der Waals surface area contributed by atoms with Crippen molar-refractivity contribution in [2.75, 3.05) is 20.5 Å². The summed E-state index contributed by atoms with van der Waals surface area (Å²) >= 11 is 0. The zero-order chi connectivity index (χ0) is 13.1. The van der Waals surface area contributed by atoms with Crippen LogP contribution >= 0.6 is 0 Å².